The summed E-state index contributed by atoms with van der Waals surface area (Å²) in [5, 5.41) is 3.23. The fourth-order valence-corrected chi connectivity index (χ4v) is 3.58. The van der Waals surface area contributed by atoms with Gasteiger partial charge in [-0.3, -0.25) is 14.3 Å². The summed E-state index contributed by atoms with van der Waals surface area (Å²) in [6.07, 6.45) is 5.07. The first kappa shape index (κ1) is 16.5. The summed E-state index contributed by atoms with van der Waals surface area (Å²) in [4.78, 5) is 27.5. The molecule has 1 heterocycles. The number of fused-ring (bicyclic) bond motifs is 1. The zero-order chi connectivity index (χ0) is 17.3. The number of aromatic nitrogens is 1. The van der Waals surface area contributed by atoms with Crippen LogP contribution in [-0.2, 0) is 10.0 Å². The van der Waals surface area contributed by atoms with E-state index in [1.807, 2.05) is 0 Å². The van der Waals surface area contributed by atoms with Gasteiger partial charge in [0.1, 0.15) is 5.69 Å². The van der Waals surface area contributed by atoms with Gasteiger partial charge in [-0.15, -0.1) is 0 Å². The Kier molecular flexibility index (Phi) is 4.31. The molecule has 1 amide bonds. The number of pyridine rings is 1. The second-order valence-electron chi connectivity index (χ2n) is 6.10. The zero-order valence-electron chi connectivity index (χ0n) is 13.3. The van der Waals surface area contributed by atoms with Crippen molar-refractivity contribution in [3.05, 3.63) is 40.2 Å². The Morgan fingerprint density at radius 2 is 1.96 bits per heavy atom. The molecule has 0 atom stereocenters. The van der Waals surface area contributed by atoms with E-state index in [1.54, 1.807) is 12.1 Å². The smallest absolute Gasteiger partial charge is 0.268 e. The van der Waals surface area contributed by atoms with Crippen molar-refractivity contribution < 1.29 is 13.2 Å². The molecule has 1 aromatic heterocycles. The van der Waals surface area contributed by atoms with Crippen LogP contribution in [0.3, 0.4) is 0 Å². The highest BCUT2D eigenvalue weighted by molar-refractivity contribution is 7.92. The Morgan fingerprint density at radius 1 is 1.25 bits per heavy atom. The topological polar surface area (TPSA) is 108 Å². The molecule has 1 saturated carbocycles. The van der Waals surface area contributed by atoms with Crippen LogP contribution in [0.4, 0.5) is 5.69 Å². The number of amides is 1. The predicted molar refractivity (Wildman–Crippen MR) is 92.8 cm³/mol. The van der Waals surface area contributed by atoms with E-state index in [0.717, 1.165) is 31.9 Å². The number of hydrogen-bond donors (Lipinski definition) is 3. The number of hydrogen-bond acceptors (Lipinski definition) is 4. The van der Waals surface area contributed by atoms with Crippen LogP contribution in [0.5, 0.6) is 0 Å². The Balaban J connectivity index is 2.02. The number of anilines is 1. The van der Waals surface area contributed by atoms with E-state index in [2.05, 4.69) is 15.0 Å². The molecule has 3 rings (SSSR count). The maximum atomic E-state index is 12.4. The average Bonchev–Trinajstić information content (AvgIpc) is 2.99. The van der Waals surface area contributed by atoms with Gasteiger partial charge in [-0.2, -0.15) is 0 Å². The fraction of sp³-hybridized carbons (Fsp3) is 0.375. The van der Waals surface area contributed by atoms with Gasteiger partial charge in [-0.25, -0.2) is 8.42 Å². The number of H-pyrrole nitrogens is 1. The molecule has 24 heavy (non-hydrogen) atoms. The molecule has 1 aliphatic rings. The molecule has 7 nitrogen and oxygen atoms in total. The van der Waals surface area contributed by atoms with Crippen LogP contribution in [0.15, 0.2) is 29.1 Å². The van der Waals surface area contributed by atoms with Crippen molar-refractivity contribution in [2.45, 2.75) is 31.7 Å². The van der Waals surface area contributed by atoms with Gasteiger partial charge >= 0.3 is 0 Å². The van der Waals surface area contributed by atoms with E-state index in [9.17, 15) is 18.0 Å². The minimum atomic E-state index is -3.51. The predicted octanol–water partition coefficient (Wildman–Crippen LogP) is 1.57. The molecular formula is C16H19N3O4S. The Morgan fingerprint density at radius 3 is 2.62 bits per heavy atom. The van der Waals surface area contributed by atoms with Gasteiger partial charge in [-0.1, -0.05) is 18.9 Å². The first-order chi connectivity index (χ1) is 11.3. The lowest BCUT2D eigenvalue weighted by atomic mass is 10.1. The van der Waals surface area contributed by atoms with Gasteiger partial charge in [0.25, 0.3) is 5.91 Å². The van der Waals surface area contributed by atoms with Crippen LogP contribution >= 0.6 is 0 Å². The van der Waals surface area contributed by atoms with Crippen LogP contribution in [0.2, 0.25) is 0 Å². The molecule has 1 fully saturated rings. The molecule has 1 aromatic carbocycles. The molecule has 128 valence electrons. The zero-order valence-corrected chi connectivity index (χ0v) is 14.1. The molecular weight excluding hydrogens is 330 g/mol. The number of nitrogens with one attached hydrogen (secondary N) is 3. The molecule has 0 spiro atoms. The Labute approximate surface area is 139 Å². The van der Waals surface area contributed by atoms with Crippen molar-refractivity contribution in [1.82, 2.24) is 10.3 Å². The van der Waals surface area contributed by atoms with Crippen molar-refractivity contribution in [2.75, 3.05) is 11.0 Å². The Hall–Kier alpha value is -2.35. The van der Waals surface area contributed by atoms with Crippen LogP contribution in [-0.4, -0.2) is 31.6 Å². The maximum Gasteiger partial charge on any atom is 0.268 e. The third kappa shape index (κ3) is 3.59. The Bertz CT molecular complexity index is 943. The van der Waals surface area contributed by atoms with Gasteiger partial charge in [0.15, 0.2) is 5.43 Å². The van der Waals surface area contributed by atoms with Crippen molar-refractivity contribution in [3.63, 3.8) is 0 Å². The minimum absolute atomic E-state index is 0.126. The van der Waals surface area contributed by atoms with E-state index < -0.39 is 10.0 Å². The van der Waals surface area contributed by atoms with Gasteiger partial charge in [-0.05, 0) is 25.0 Å². The van der Waals surface area contributed by atoms with Gasteiger partial charge in [0, 0.05) is 17.5 Å². The summed E-state index contributed by atoms with van der Waals surface area (Å²) in [6, 6.07) is 6.08. The van der Waals surface area contributed by atoms with E-state index in [1.165, 1.54) is 12.1 Å². The van der Waals surface area contributed by atoms with E-state index >= 15 is 0 Å². The number of rotatable bonds is 4. The second kappa shape index (κ2) is 6.27. The quantitative estimate of drug-likeness (QED) is 0.778. The summed E-state index contributed by atoms with van der Waals surface area (Å²) >= 11 is 0. The molecule has 0 radical (unpaired) electrons. The number of benzene rings is 1. The molecule has 0 aliphatic heterocycles. The van der Waals surface area contributed by atoms with Crippen LogP contribution in [0, 0.1) is 0 Å². The lowest BCUT2D eigenvalue weighted by Gasteiger charge is -2.13. The van der Waals surface area contributed by atoms with Crippen molar-refractivity contribution >= 4 is 32.5 Å². The van der Waals surface area contributed by atoms with Gasteiger partial charge in [0.05, 0.1) is 17.5 Å². The second-order valence-corrected chi connectivity index (χ2v) is 7.85. The highest BCUT2D eigenvalue weighted by atomic mass is 32.2. The fourth-order valence-electron chi connectivity index (χ4n) is 3.01. The molecule has 8 heteroatoms. The lowest BCUT2D eigenvalue weighted by molar-refractivity contribution is 0.0933. The first-order valence-corrected chi connectivity index (χ1v) is 9.67. The minimum Gasteiger partial charge on any atom is -0.349 e. The van der Waals surface area contributed by atoms with E-state index in [-0.39, 0.29) is 28.8 Å². The summed E-state index contributed by atoms with van der Waals surface area (Å²) in [5.74, 6) is -0.352. The molecule has 0 bridgehead atoms. The number of carbonyl (C=O) groups excluding carboxylic acids is 1. The largest absolute Gasteiger partial charge is 0.349 e. The van der Waals surface area contributed by atoms with E-state index in [0.29, 0.717) is 10.9 Å². The van der Waals surface area contributed by atoms with Crippen molar-refractivity contribution in [2.24, 2.45) is 0 Å². The summed E-state index contributed by atoms with van der Waals surface area (Å²) in [6.45, 7) is 0. The number of para-hydroxylation sites is 1. The molecule has 3 N–H and O–H groups in total. The normalized spacial score (nSPS) is 15.5. The molecule has 2 aromatic rings. The number of aromatic amines is 1. The lowest BCUT2D eigenvalue weighted by Crippen LogP contribution is -2.33. The number of sulfonamides is 1. The summed E-state index contributed by atoms with van der Waals surface area (Å²) < 4.78 is 25.4. The summed E-state index contributed by atoms with van der Waals surface area (Å²) in [5.41, 5.74) is 0.328. The van der Waals surface area contributed by atoms with Crippen molar-refractivity contribution in [1.29, 1.82) is 0 Å². The average molecular weight is 349 g/mol. The first-order valence-electron chi connectivity index (χ1n) is 7.78. The number of carbonyl (C=O) groups is 1. The molecule has 0 unspecified atom stereocenters. The SMILES string of the molecule is CS(=O)(=O)Nc1cccc2c(=O)cc(C(=O)NC3CCCC3)[nH]c12. The van der Waals surface area contributed by atoms with Crippen molar-refractivity contribution in [3.8, 4) is 0 Å². The molecule has 1 aliphatic carbocycles. The van der Waals surface area contributed by atoms with Crippen LogP contribution < -0.4 is 15.5 Å². The van der Waals surface area contributed by atoms with E-state index in [4.69, 9.17) is 0 Å². The van der Waals surface area contributed by atoms with Crippen LogP contribution in [0.25, 0.3) is 10.9 Å². The highest BCUT2D eigenvalue weighted by Gasteiger charge is 2.19. The highest BCUT2D eigenvalue weighted by Crippen LogP contribution is 2.21. The maximum absolute atomic E-state index is 12.4. The summed E-state index contributed by atoms with van der Waals surface area (Å²) in [7, 11) is -3.51. The van der Waals surface area contributed by atoms with Gasteiger partial charge < -0.3 is 10.3 Å². The van der Waals surface area contributed by atoms with Gasteiger partial charge in [0.2, 0.25) is 10.0 Å². The molecule has 0 saturated heterocycles. The third-order valence-electron chi connectivity index (χ3n) is 4.10. The third-order valence-corrected chi connectivity index (χ3v) is 4.69. The van der Waals surface area contributed by atoms with Crippen LogP contribution in [0.1, 0.15) is 36.2 Å². The standard InChI is InChI=1S/C16H19N3O4S/c1-24(22,23)19-12-8-4-7-11-14(20)9-13(18-15(11)12)16(21)17-10-5-2-3-6-10/h4,7-10,19H,2-3,5-6H2,1H3,(H,17,21)(H,18,20). The monoisotopic (exact) mass is 349 g/mol.